The van der Waals surface area contributed by atoms with E-state index < -0.39 is 0 Å². The molecule has 0 atom stereocenters. The van der Waals surface area contributed by atoms with Crippen molar-refractivity contribution in [2.75, 3.05) is 12.4 Å². The van der Waals surface area contributed by atoms with E-state index in [1.807, 2.05) is 12.1 Å². The molecule has 0 amide bonds. The molecule has 1 N–H and O–H groups in total. The lowest BCUT2D eigenvalue weighted by atomic mass is 10.4. The first-order valence-corrected chi connectivity index (χ1v) is 4.96. The van der Waals surface area contributed by atoms with E-state index in [1.165, 1.54) is 11.3 Å². The van der Waals surface area contributed by atoms with Gasteiger partial charge in [0, 0.05) is 0 Å². The van der Waals surface area contributed by atoms with Gasteiger partial charge in [0.15, 0.2) is 10.2 Å². The highest BCUT2D eigenvalue weighted by atomic mass is 32.1. The molecule has 0 aliphatic carbocycles. The maximum atomic E-state index is 5.17. The number of methoxy groups -OCH3 is 1. The fourth-order valence-electron chi connectivity index (χ4n) is 1.01. The van der Waals surface area contributed by atoms with Crippen molar-refractivity contribution in [3.05, 3.63) is 30.4 Å². The number of ether oxygens (including phenoxy) is 1. The molecule has 2 rings (SSSR count). The van der Waals surface area contributed by atoms with Gasteiger partial charge >= 0.3 is 0 Å². The van der Waals surface area contributed by atoms with Crippen molar-refractivity contribution >= 4 is 16.5 Å². The molecule has 0 aliphatic heterocycles. The summed E-state index contributed by atoms with van der Waals surface area (Å²) in [6.07, 6.45) is 3.34. The summed E-state index contributed by atoms with van der Waals surface area (Å²) in [6, 6.07) is 3.78. The van der Waals surface area contributed by atoms with Crippen LogP contribution in [-0.2, 0) is 6.54 Å². The number of hydrogen-bond acceptors (Lipinski definition) is 5. The lowest BCUT2D eigenvalue weighted by Crippen LogP contribution is -1.96. The van der Waals surface area contributed by atoms with E-state index in [-0.39, 0.29) is 0 Å². The molecule has 0 unspecified atom stereocenters. The fourth-order valence-corrected chi connectivity index (χ4v) is 1.64. The van der Waals surface area contributed by atoms with E-state index in [0.717, 1.165) is 16.0 Å². The number of nitrogens with one attached hydrogen (secondary N) is 1. The third-order valence-corrected chi connectivity index (χ3v) is 2.60. The van der Waals surface area contributed by atoms with Crippen LogP contribution in [0, 0.1) is 0 Å². The van der Waals surface area contributed by atoms with Crippen molar-refractivity contribution in [3.8, 4) is 5.06 Å². The smallest absolute Gasteiger partial charge is 0.195 e. The molecule has 0 saturated carbocycles. The van der Waals surface area contributed by atoms with E-state index in [1.54, 1.807) is 19.6 Å². The highest BCUT2D eigenvalue weighted by molar-refractivity contribution is 7.17. The van der Waals surface area contributed by atoms with Crippen molar-refractivity contribution in [1.82, 2.24) is 4.98 Å². The van der Waals surface area contributed by atoms with Crippen LogP contribution in [0.25, 0.3) is 0 Å². The molecule has 14 heavy (non-hydrogen) atoms. The number of aromatic nitrogens is 1. The summed E-state index contributed by atoms with van der Waals surface area (Å²) in [5.41, 5.74) is 0. The van der Waals surface area contributed by atoms with E-state index in [2.05, 4.69) is 10.3 Å². The van der Waals surface area contributed by atoms with Crippen LogP contribution < -0.4 is 10.1 Å². The van der Waals surface area contributed by atoms with Crippen molar-refractivity contribution in [2.24, 2.45) is 0 Å². The Balaban J connectivity index is 1.92. The molecular weight excluding hydrogens is 200 g/mol. The minimum absolute atomic E-state index is 0.643. The molecule has 2 aromatic heterocycles. The predicted octanol–water partition coefficient (Wildman–Crippen LogP) is 2.36. The standard InChI is InChI=1S/C9H10N2O2S/c1-12-8-6-11-9(14-8)10-5-7-3-2-4-13-7/h2-4,6H,5H2,1H3,(H,10,11). The van der Waals surface area contributed by atoms with Crippen LogP contribution in [-0.4, -0.2) is 12.1 Å². The van der Waals surface area contributed by atoms with Crippen molar-refractivity contribution in [2.45, 2.75) is 6.54 Å². The normalized spacial score (nSPS) is 10.1. The van der Waals surface area contributed by atoms with Crippen LogP contribution in [0.2, 0.25) is 0 Å². The van der Waals surface area contributed by atoms with Gasteiger partial charge in [-0.3, -0.25) is 0 Å². The van der Waals surface area contributed by atoms with Crippen LogP contribution in [0.5, 0.6) is 5.06 Å². The second-order valence-corrected chi connectivity index (χ2v) is 3.61. The summed E-state index contributed by atoms with van der Waals surface area (Å²) >= 11 is 1.47. The molecule has 0 radical (unpaired) electrons. The highest BCUT2D eigenvalue weighted by Crippen LogP contribution is 2.25. The molecule has 5 heteroatoms. The van der Waals surface area contributed by atoms with E-state index >= 15 is 0 Å². The molecule has 74 valence electrons. The maximum absolute atomic E-state index is 5.17. The molecular formula is C9H10N2O2S. The van der Waals surface area contributed by atoms with E-state index in [9.17, 15) is 0 Å². The first-order chi connectivity index (χ1) is 6.88. The predicted molar refractivity (Wildman–Crippen MR) is 54.7 cm³/mol. The number of furan rings is 1. The Morgan fingerprint density at radius 1 is 1.64 bits per heavy atom. The van der Waals surface area contributed by atoms with Crippen LogP contribution in [0.1, 0.15) is 5.76 Å². The SMILES string of the molecule is COc1cnc(NCc2ccco2)s1. The quantitative estimate of drug-likeness (QED) is 0.841. The Kier molecular flexibility index (Phi) is 2.69. The molecule has 2 aromatic rings. The Bertz CT molecular complexity index is 383. The Hall–Kier alpha value is -1.49. The number of nitrogens with zero attached hydrogens (tertiary/aromatic N) is 1. The first-order valence-electron chi connectivity index (χ1n) is 4.14. The second kappa shape index (κ2) is 4.15. The number of thiazole rings is 1. The van der Waals surface area contributed by atoms with E-state index in [0.29, 0.717) is 6.54 Å². The third-order valence-electron chi connectivity index (χ3n) is 1.68. The molecule has 4 nitrogen and oxygen atoms in total. The minimum atomic E-state index is 0.643. The fraction of sp³-hybridized carbons (Fsp3) is 0.222. The summed E-state index contributed by atoms with van der Waals surface area (Å²) in [7, 11) is 1.63. The van der Waals surface area contributed by atoms with Crippen molar-refractivity contribution < 1.29 is 9.15 Å². The van der Waals surface area contributed by atoms with Gasteiger partial charge in [-0.05, 0) is 12.1 Å². The summed E-state index contributed by atoms with van der Waals surface area (Å²) in [4.78, 5) is 4.13. The third kappa shape index (κ3) is 2.05. The number of anilines is 1. The largest absolute Gasteiger partial charge is 0.486 e. The first kappa shape index (κ1) is 9.08. The summed E-state index contributed by atoms with van der Waals surface area (Å²) in [5.74, 6) is 0.888. The van der Waals surface area contributed by atoms with Gasteiger partial charge in [0.05, 0.1) is 26.1 Å². The Morgan fingerprint density at radius 2 is 2.57 bits per heavy atom. The highest BCUT2D eigenvalue weighted by Gasteiger charge is 2.01. The number of hydrogen-bond donors (Lipinski definition) is 1. The maximum Gasteiger partial charge on any atom is 0.195 e. The van der Waals surface area contributed by atoms with Crippen molar-refractivity contribution in [1.29, 1.82) is 0 Å². The second-order valence-electron chi connectivity index (χ2n) is 2.62. The molecule has 0 spiro atoms. The van der Waals surface area contributed by atoms with Crippen LogP contribution in [0.3, 0.4) is 0 Å². The van der Waals surface area contributed by atoms with Gasteiger partial charge in [-0.25, -0.2) is 4.98 Å². The molecule has 2 heterocycles. The summed E-state index contributed by atoms with van der Waals surface area (Å²) in [6.45, 7) is 0.643. The zero-order valence-corrected chi connectivity index (χ0v) is 8.50. The van der Waals surface area contributed by atoms with Gasteiger partial charge in [0.25, 0.3) is 0 Å². The minimum Gasteiger partial charge on any atom is -0.486 e. The zero-order valence-electron chi connectivity index (χ0n) is 7.69. The van der Waals surface area contributed by atoms with Crippen molar-refractivity contribution in [3.63, 3.8) is 0 Å². The average Bonchev–Trinajstić information content (AvgIpc) is 2.86. The number of rotatable bonds is 4. The molecule has 0 fully saturated rings. The van der Waals surface area contributed by atoms with Gasteiger partial charge in [-0.15, -0.1) is 0 Å². The van der Waals surface area contributed by atoms with E-state index in [4.69, 9.17) is 9.15 Å². The Labute approximate surface area is 85.5 Å². The monoisotopic (exact) mass is 210 g/mol. The lowest BCUT2D eigenvalue weighted by Gasteiger charge is -1.97. The molecule has 0 bridgehead atoms. The lowest BCUT2D eigenvalue weighted by molar-refractivity contribution is 0.426. The van der Waals surface area contributed by atoms with Gasteiger partial charge in [-0.2, -0.15) is 0 Å². The average molecular weight is 210 g/mol. The van der Waals surface area contributed by atoms with Crippen LogP contribution in [0.4, 0.5) is 5.13 Å². The topological polar surface area (TPSA) is 47.3 Å². The molecule has 0 aromatic carbocycles. The zero-order chi connectivity index (χ0) is 9.80. The summed E-state index contributed by atoms with van der Waals surface area (Å²) in [5, 5.41) is 4.77. The molecule has 0 aliphatic rings. The van der Waals surface area contributed by atoms with Gasteiger partial charge < -0.3 is 14.5 Å². The Morgan fingerprint density at radius 3 is 3.21 bits per heavy atom. The van der Waals surface area contributed by atoms with Gasteiger partial charge in [0.2, 0.25) is 0 Å². The van der Waals surface area contributed by atoms with Gasteiger partial charge in [0.1, 0.15) is 5.76 Å². The van der Waals surface area contributed by atoms with Crippen LogP contribution in [0.15, 0.2) is 29.0 Å². The van der Waals surface area contributed by atoms with Crippen LogP contribution >= 0.6 is 11.3 Å². The van der Waals surface area contributed by atoms with Gasteiger partial charge in [-0.1, -0.05) is 11.3 Å². The molecule has 0 saturated heterocycles. The summed E-state index contributed by atoms with van der Waals surface area (Å²) < 4.78 is 10.2.